The van der Waals surface area contributed by atoms with Crippen molar-refractivity contribution in [2.75, 3.05) is 6.61 Å². The van der Waals surface area contributed by atoms with Crippen LogP contribution < -0.4 is 11.3 Å². The summed E-state index contributed by atoms with van der Waals surface area (Å²) in [7, 11) is 0. The van der Waals surface area contributed by atoms with E-state index in [4.69, 9.17) is 22.8 Å². The highest BCUT2D eigenvalue weighted by Gasteiger charge is 1.92. The van der Waals surface area contributed by atoms with Crippen molar-refractivity contribution in [2.45, 2.75) is 39.0 Å². The standard InChI is InChI=1S/C8H18N2OS.BrH/c1-2-3-4-5-6-7-11-8(12)10-9;/h2-7,9H2,1H3,(H,10,12);1H. The summed E-state index contributed by atoms with van der Waals surface area (Å²) in [4.78, 5) is 0. The SMILES string of the molecule is Br.CCCCCCCOC(=S)NN. The minimum Gasteiger partial charge on any atom is -0.470 e. The van der Waals surface area contributed by atoms with E-state index in [0.29, 0.717) is 6.61 Å². The number of unbranched alkanes of at least 4 members (excludes halogenated alkanes) is 4. The maximum Gasteiger partial charge on any atom is 0.271 e. The van der Waals surface area contributed by atoms with Gasteiger partial charge < -0.3 is 4.74 Å². The largest absolute Gasteiger partial charge is 0.470 e. The summed E-state index contributed by atoms with van der Waals surface area (Å²) >= 11 is 4.70. The molecule has 0 rings (SSSR count). The lowest BCUT2D eigenvalue weighted by atomic mass is 10.2. The molecular formula is C8H19BrN2OS. The zero-order chi connectivity index (χ0) is 9.23. The van der Waals surface area contributed by atoms with Gasteiger partial charge in [-0.2, -0.15) is 0 Å². The van der Waals surface area contributed by atoms with E-state index in [1.165, 1.54) is 25.7 Å². The van der Waals surface area contributed by atoms with E-state index in [1.807, 2.05) is 0 Å². The lowest BCUT2D eigenvalue weighted by Crippen LogP contribution is -2.30. The molecular weight excluding hydrogens is 252 g/mol. The number of rotatable bonds is 6. The minimum absolute atomic E-state index is 0. The highest BCUT2D eigenvalue weighted by Crippen LogP contribution is 2.02. The number of nitrogens with two attached hydrogens (primary N) is 1. The molecule has 0 radical (unpaired) electrons. The van der Waals surface area contributed by atoms with Crippen molar-refractivity contribution in [3.63, 3.8) is 0 Å². The van der Waals surface area contributed by atoms with Gasteiger partial charge in [-0.3, -0.25) is 5.43 Å². The molecule has 0 saturated heterocycles. The summed E-state index contributed by atoms with van der Waals surface area (Å²) in [5, 5.41) is 0.283. The first-order valence-corrected chi connectivity index (χ1v) is 4.85. The first kappa shape index (κ1) is 15.6. The number of thiocarbonyl (C=S) groups is 1. The quantitative estimate of drug-likeness (QED) is 0.337. The van der Waals surface area contributed by atoms with E-state index in [-0.39, 0.29) is 22.2 Å². The van der Waals surface area contributed by atoms with Crippen LogP contribution in [0.25, 0.3) is 0 Å². The molecule has 0 heterocycles. The molecule has 3 N–H and O–H groups in total. The van der Waals surface area contributed by atoms with Crippen LogP contribution in [0.1, 0.15) is 39.0 Å². The van der Waals surface area contributed by atoms with Gasteiger partial charge in [-0.15, -0.1) is 17.0 Å². The van der Waals surface area contributed by atoms with E-state index in [0.717, 1.165) is 6.42 Å². The molecule has 0 spiro atoms. The van der Waals surface area contributed by atoms with Crippen molar-refractivity contribution in [1.82, 2.24) is 5.43 Å². The van der Waals surface area contributed by atoms with E-state index >= 15 is 0 Å². The third kappa shape index (κ3) is 12.1. The molecule has 0 aliphatic rings. The molecule has 0 amide bonds. The average molecular weight is 271 g/mol. The van der Waals surface area contributed by atoms with Crippen LogP contribution in [0.2, 0.25) is 0 Å². The molecule has 0 aliphatic carbocycles. The highest BCUT2D eigenvalue weighted by molar-refractivity contribution is 8.93. The molecule has 0 bridgehead atoms. The molecule has 0 fully saturated rings. The number of nitrogens with one attached hydrogen (secondary N) is 1. The van der Waals surface area contributed by atoms with E-state index in [9.17, 15) is 0 Å². The van der Waals surface area contributed by atoms with Crippen LogP contribution in [-0.2, 0) is 4.74 Å². The maximum absolute atomic E-state index is 5.07. The Morgan fingerprint density at radius 1 is 1.31 bits per heavy atom. The number of halogens is 1. The number of hydrogen-bond acceptors (Lipinski definition) is 3. The van der Waals surface area contributed by atoms with Gasteiger partial charge in [0, 0.05) is 0 Å². The smallest absolute Gasteiger partial charge is 0.271 e. The molecule has 0 atom stereocenters. The molecule has 0 aromatic heterocycles. The Morgan fingerprint density at radius 2 is 1.92 bits per heavy atom. The van der Waals surface area contributed by atoms with Gasteiger partial charge >= 0.3 is 0 Å². The van der Waals surface area contributed by atoms with Crippen LogP contribution in [0.5, 0.6) is 0 Å². The van der Waals surface area contributed by atoms with Crippen molar-refractivity contribution in [3.05, 3.63) is 0 Å². The van der Waals surface area contributed by atoms with Crippen molar-refractivity contribution >= 4 is 34.4 Å². The molecule has 0 unspecified atom stereocenters. The van der Waals surface area contributed by atoms with E-state index < -0.39 is 0 Å². The third-order valence-corrected chi connectivity index (χ3v) is 1.83. The van der Waals surface area contributed by atoms with Gasteiger partial charge in [0.2, 0.25) is 0 Å². The Hall–Kier alpha value is 0.130. The summed E-state index contributed by atoms with van der Waals surface area (Å²) in [6.45, 7) is 2.87. The second-order valence-corrected chi connectivity index (χ2v) is 3.07. The zero-order valence-electron chi connectivity index (χ0n) is 8.04. The van der Waals surface area contributed by atoms with Gasteiger partial charge in [-0.25, -0.2) is 5.84 Å². The lowest BCUT2D eigenvalue weighted by Gasteiger charge is -2.05. The molecule has 0 saturated carbocycles. The van der Waals surface area contributed by atoms with Gasteiger partial charge in [-0.05, 0) is 18.6 Å². The summed E-state index contributed by atoms with van der Waals surface area (Å²) in [5.74, 6) is 5.02. The van der Waals surface area contributed by atoms with Gasteiger partial charge in [0.05, 0.1) is 6.61 Å². The van der Waals surface area contributed by atoms with Crippen molar-refractivity contribution in [2.24, 2.45) is 5.84 Å². The van der Waals surface area contributed by atoms with Crippen LogP contribution in [0.3, 0.4) is 0 Å². The van der Waals surface area contributed by atoms with Gasteiger partial charge in [0.15, 0.2) is 0 Å². The molecule has 5 heteroatoms. The highest BCUT2D eigenvalue weighted by atomic mass is 79.9. The predicted molar refractivity (Wildman–Crippen MR) is 65.0 cm³/mol. The second-order valence-electron chi connectivity index (χ2n) is 2.69. The average Bonchev–Trinajstić information content (AvgIpc) is 2.10. The van der Waals surface area contributed by atoms with Crippen molar-refractivity contribution in [3.8, 4) is 0 Å². The maximum atomic E-state index is 5.07. The fraction of sp³-hybridized carbons (Fsp3) is 0.875. The predicted octanol–water partition coefficient (Wildman–Crippen LogP) is 2.30. The molecule has 0 aromatic carbocycles. The number of hydrazine groups is 1. The van der Waals surface area contributed by atoms with Crippen LogP contribution in [-0.4, -0.2) is 11.8 Å². The molecule has 80 valence electrons. The summed E-state index contributed by atoms with van der Waals surface area (Å²) in [5.41, 5.74) is 2.28. The molecule has 0 aliphatic heterocycles. The monoisotopic (exact) mass is 270 g/mol. The van der Waals surface area contributed by atoms with Gasteiger partial charge in [0.25, 0.3) is 5.17 Å². The summed E-state index contributed by atoms with van der Waals surface area (Å²) in [6.07, 6.45) is 6.12. The first-order chi connectivity index (χ1) is 5.81. The fourth-order valence-corrected chi connectivity index (χ4v) is 0.995. The summed E-state index contributed by atoms with van der Waals surface area (Å²) in [6, 6.07) is 0. The normalized spacial score (nSPS) is 8.77. The van der Waals surface area contributed by atoms with E-state index in [1.54, 1.807) is 0 Å². The Kier molecular flexibility index (Phi) is 14.6. The fourth-order valence-electron chi connectivity index (χ4n) is 0.912. The Bertz CT molecular complexity index is 125. The summed E-state index contributed by atoms with van der Waals surface area (Å²) < 4.78 is 5.07. The molecule has 0 aromatic rings. The van der Waals surface area contributed by atoms with Crippen LogP contribution in [0.4, 0.5) is 0 Å². The molecule has 3 nitrogen and oxygen atoms in total. The Morgan fingerprint density at radius 3 is 2.46 bits per heavy atom. The topological polar surface area (TPSA) is 47.3 Å². The minimum atomic E-state index is 0. The lowest BCUT2D eigenvalue weighted by molar-refractivity contribution is 0.287. The third-order valence-electron chi connectivity index (χ3n) is 1.60. The van der Waals surface area contributed by atoms with Crippen molar-refractivity contribution in [1.29, 1.82) is 0 Å². The van der Waals surface area contributed by atoms with Crippen molar-refractivity contribution < 1.29 is 4.74 Å². The van der Waals surface area contributed by atoms with Crippen LogP contribution >= 0.6 is 29.2 Å². The number of ether oxygens (including phenoxy) is 1. The van der Waals surface area contributed by atoms with Gasteiger partial charge in [-0.1, -0.05) is 32.6 Å². The van der Waals surface area contributed by atoms with Gasteiger partial charge in [0.1, 0.15) is 0 Å². The van der Waals surface area contributed by atoms with E-state index in [2.05, 4.69) is 12.3 Å². The zero-order valence-corrected chi connectivity index (χ0v) is 10.6. The number of hydrogen-bond donors (Lipinski definition) is 2. The Labute approximate surface area is 96.1 Å². The van der Waals surface area contributed by atoms with Crippen LogP contribution in [0, 0.1) is 0 Å². The molecule has 13 heavy (non-hydrogen) atoms. The second kappa shape index (κ2) is 12.1. The Balaban J connectivity index is 0. The first-order valence-electron chi connectivity index (χ1n) is 4.44. The van der Waals surface area contributed by atoms with Crippen LogP contribution in [0.15, 0.2) is 0 Å².